The molecule has 1 unspecified atom stereocenters. The number of para-hydroxylation sites is 3. The van der Waals surface area contributed by atoms with E-state index in [1.807, 2.05) is 66.2 Å². The Morgan fingerprint density at radius 2 is 1.77 bits per heavy atom. The van der Waals surface area contributed by atoms with E-state index in [9.17, 15) is 10.1 Å². The van der Waals surface area contributed by atoms with E-state index in [1.54, 1.807) is 36.4 Å². The fraction of sp³-hybridized carbons (Fsp3) is 0.107. The van der Waals surface area contributed by atoms with Crippen molar-refractivity contribution in [3.8, 4) is 11.8 Å². The predicted octanol–water partition coefficient (Wildman–Crippen LogP) is 5.14. The second kappa shape index (κ2) is 9.57. The van der Waals surface area contributed by atoms with Gasteiger partial charge >= 0.3 is 0 Å². The summed E-state index contributed by atoms with van der Waals surface area (Å²) in [6, 6.07) is 29.4. The Morgan fingerprint density at radius 3 is 2.57 bits per heavy atom. The molecule has 5 aromatic rings. The molecule has 0 spiro atoms. The summed E-state index contributed by atoms with van der Waals surface area (Å²) in [6.45, 7) is 0.0961. The van der Waals surface area contributed by atoms with Gasteiger partial charge in [-0.3, -0.25) is 4.79 Å². The van der Waals surface area contributed by atoms with Crippen LogP contribution in [0.15, 0.2) is 95.4 Å². The van der Waals surface area contributed by atoms with Crippen molar-refractivity contribution in [3.63, 3.8) is 0 Å². The lowest BCUT2D eigenvalue weighted by atomic mass is 10.1. The van der Waals surface area contributed by atoms with E-state index in [4.69, 9.17) is 14.1 Å². The van der Waals surface area contributed by atoms with Crippen molar-refractivity contribution >= 4 is 16.9 Å². The zero-order chi connectivity index (χ0) is 24.2. The normalized spacial score (nSPS) is 11.7. The molecule has 0 saturated carbocycles. The van der Waals surface area contributed by atoms with Gasteiger partial charge in [0.1, 0.15) is 36.1 Å². The molecule has 35 heavy (non-hydrogen) atoms. The number of nitrogens with one attached hydrogen (secondary N) is 1. The van der Waals surface area contributed by atoms with Crippen molar-refractivity contribution in [2.45, 2.75) is 12.6 Å². The molecule has 3 aromatic carbocycles. The van der Waals surface area contributed by atoms with Crippen molar-refractivity contribution in [1.82, 2.24) is 14.9 Å². The van der Waals surface area contributed by atoms with Crippen LogP contribution in [0.1, 0.15) is 39.3 Å². The Labute approximate surface area is 202 Å². The van der Waals surface area contributed by atoms with E-state index in [0.29, 0.717) is 22.9 Å². The Balaban J connectivity index is 1.38. The number of hydrogen-bond donors (Lipinski definition) is 1. The first kappa shape index (κ1) is 22.0. The van der Waals surface area contributed by atoms with Gasteiger partial charge in [0, 0.05) is 7.05 Å². The third-order valence-corrected chi connectivity index (χ3v) is 5.75. The molecule has 0 saturated heterocycles. The topological polar surface area (TPSA) is 93.1 Å². The number of hydrogen-bond acceptors (Lipinski definition) is 5. The molecule has 1 N–H and O–H groups in total. The highest BCUT2D eigenvalue weighted by Gasteiger charge is 2.24. The molecule has 172 valence electrons. The van der Waals surface area contributed by atoms with Crippen molar-refractivity contribution in [2.24, 2.45) is 7.05 Å². The molecule has 0 aliphatic heterocycles. The summed E-state index contributed by atoms with van der Waals surface area (Å²) in [4.78, 5) is 18.0. The molecule has 1 atom stereocenters. The number of aryl methyl sites for hydroxylation is 1. The Kier molecular flexibility index (Phi) is 6.01. The number of amides is 1. The van der Waals surface area contributed by atoms with Gasteiger partial charge in [0.15, 0.2) is 5.76 Å². The standard InChI is InChI=1S/C28H22N4O3/c1-32-23-13-7-6-12-22(23)30-27(32)26(19-9-3-2-4-10-19)31-28(33)25-16-15-21(35-25)18-34-24-14-8-5-11-20(24)17-29/h2-16,26H,18H2,1H3,(H,31,33). The van der Waals surface area contributed by atoms with E-state index in [-0.39, 0.29) is 18.3 Å². The molecule has 2 heterocycles. The molecule has 0 aliphatic carbocycles. The summed E-state index contributed by atoms with van der Waals surface area (Å²) >= 11 is 0. The predicted molar refractivity (Wildman–Crippen MR) is 131 cm³/mol. The molecular formula is C28H22N4O3. The van der Waals surface area contributed by atoms with E-state index >= 15 is 0 Å². The number of carbonyl (C=O) groups excluding carboxylic acids is 1. The van der Waals surface area contributed by atoms with Gasteiger partial charge < -0.3 is 19.0 Å². The smallest absolute Gasteiger partial charge is 0.287 e. The summed E-state index contributed by atoms with van der Waals surface area (Å²) in [7, 11) is 1.94. The summed E-state index contributed by atoms with van der Waals surface area (Å²) in [5.41, 5.74) is 3.18. The number of carbonyl (C=O) groups is 1. The highest BCUT2D eigenvalue weighted by atomic mass is 16.5. The molecule has 2 aromatic heterocycles. The maximum absolute atomic E-state index is 13.2. The minimum atomic E-state index is -0.478. The summed E-state index contributed by atoms with van der Waals surface area (Å²) in [5, 5.41) is 12.3. The number of nitrogens with zero attached hydrogens (tertiary/aromatic N) is 3. The third-order valence-electron chi connectivity index (χ3n) is 5.75. The number of rotatable bonds is 7. The first-order valence-corrected chi connectivity index (χ1v) is 11.1. The number of fused-ring (bicyclic) bond motifs is 1. The number of benzene rings is 3. The van der Waals surface area contributed by atoms with Gasteiger partial charge in [0.25, 0.3) is 5.91 Å². The second-order valence-corrected chi connectivity index (χ2v) is 8.00. The van der Waals surface area contributed by atoms with Crippen LogP contribution >= 0.6 is 0 Å². The van der Waals surface area contributed by atoms with Crippen LogP contribution in [0.5, 0.6) is 5.75 Å². The van der Waals surface area contributed by atoms with Crippen molar-refractivity contribution in [1.29, 1.82) is 5.26 Å². The lowest BCUT2D eigenvalue weighted by molar-refractivity contribution is 0.0909. The van der Waals surface area contributed by atoms with Crippen LogP contribution in [0.3, 0.4) is 0 Å². The minimum Gasteiger partial charge on any atom is -0.484 e. The lowest BCUT2D eigenvalue weighted by Gasteiger charge is -2.18. The van der Waals surface area contributed by atoms with Crippen LogP contribution in [0.4, 0.5) is 0 Å². The van der Waals surface area contributed by atoms with Gasteiger partial charge in [0.05, 0.1) is 16.6 Å². The monoisotopic (exact) mass is 462 g/mol. The van der Waals surface area contributed by atoms with Crippen LogP contribution in [0, 0.1) is 11.3 Å². The number of nitriles is 1. The van der Waals surface area contributed by atoms with Gasteiger partial charge in [-0.15, -0.1) is 0 Å². The SMILES string of the molecule is Cn1c(C(NC(=O)c2ccc(COc3ccccc3C#N)o2)c2ccccc2)nc2ccccc21. The lowest BCUT2D eigenvalue weighted by Crippen LogP contribution is -2.30. The molecule has 1 amide bonds. The van der Waals surface area contributed by atoms with E-state index in [0.717, 1.165) is 16.6 Å². The molecule has 5 rings (SSSR count). The number of furan rings is 1. The van der Waals surface area contributed by atoms with Crippen molar-refractivity contribution < 1.29 is 13.9 Å². The quantitative estimate of drug-likeness (QED) is 0.362. The fourth-order valence-electron chi connectivity index (χ4n) is 3.98. The van der Waals surface area contributed by atoms with Crippen molar-refractivity contribution in [3.05, 3.63) is 119 Å². The van der Waals surface area contributed by atoms with Gasteiger partial charge in [0.2, 0.25) is 0 Å². The number of imidazole rings is 1. The van der Waals surface area contributed by atoms with Crippen molar-refractivity contribution in [2.75, 3.05) is 0 Å². The zero-order valence-electron chi connectivity index (χ0n) is 19.0. The fourth-order valence-corrected chi connectivity index (χ4v) is 3.98. The van der Waals surface area contributed by atoms with E-state index in [2.05, 4.69) is 11.4 Å². The summed E-state index contributed by atoms with van der Waals surface area (Å²) in [5.74, 6) is 1.45. The maximum atomic E-state index is 13.2. The molecule has 0 bridgehead atoms. The zero-order valence-corrected chi connectivity index (χ0v) is 19.0. The van der Waals surface area contributed by atoms with Gasteiger partial charge in [-0.25, -0.2) is 4.98 Å². The number of aromatic nitrogens is 2. The molecular weight excluding hydrogens is 440 g/mol. The minimum absolute atomic E-state index is 0.0961. The van der Waals surface area contributed by atoms with E-state index < -0.39 is 6.04 Å². The first-order valence-electron chi connectivity index (χ1n) is 11.1. The molecule has 0 aliphatic rings. The third kappa shape index (κ3) is 4.50. The summed E-state index contributed by atoms with van der Waals surface area (Å²) in [6.07, 6.45) is 0. The van der Waals surface area contributed by atoms with Gasteiger partial charge in [-0.2, -0.15) is 5.26 Å². The largest absolute Gasteiger partial charge is 0.484 e. The highest BCUT2D eigenvalue weighted by molar-refractivity contribution is 5.92. The van der Waals surface area contributed by atoms with Crippen LogP contribution in [-0.2, 0) is 13.7 Å². The molecule has 7 nitrogen and oxygen atoms in total. The molecule has 0 fully saturated rings. The Hall–Kier alpha value is -4.83. The Morgan fingerprint density at radius 1 is 1.03 bits per heavy atom. The average Bonchev–Trinajstić information content (AvgIpc) is 3.51. The second-order valence-electron chi connectivity index (χ2n) is 8.00. The van der Waals surface area contributed by atoms with Gasteiger partial charge in [-0.1, -0.05) is 54.6 Å². The van der Waals surface area contributed by atoms with Crippen LogP contribution in [0.2, 0.25) is 0 Å². The average molecular weight is 463 g/mol. The van der Waals surface area contributed by atoms with Crippen LogP contribution in [-0.4, -0.2) is 15.5 Å². The Bertz CT molecular complexity index is 1530. The van der Waals surface area contributed by atoms with Crippen LogP contribution in [0.25, 0.3) is 11.0 Å². The number of ether oxygens (including phenoxy) is 1. The first-order chi connectivity index (χ1) is 17.1. The maximum Gasteiger partial charge on any atom is 0.287 e. The molecule has 0 radical (unpaired) electrons. The highest BCUT2D eigenvalue weighted by Crippen LogP contribution is 2.26. The van der Waals surface area contributed by atoms with Crippen LogP contribution < -0.4 is 10.1 Å². The summed E-state index contributed by atoms with van der Waals surface area (Å²) < 4.78 is 13.5. The molecule has 7 heteroatoms. The van der Waals surface area contributed by atoms with E-state index in [1.165, 1.54) is 0 Å². The van der Waals surface area contributed by atoms with Gasteiger partial charge in [-0.05, 0) is 42.0 Å².